The SMILES string of the molecule is O=c1ncc2cc(C(F)(F)F)c(-c3ccc(F)cc3)c3c2n1CCCS3. The van der Waals surface area contributed by atoms with Crippen LogP contribution in [0.15, 0.2) is 46.2 Å². The summed E-state index contributed by atoms with van der Waals surface area (Å²) in [5.74, 6) is 0.0499. The van der Waals surface area contributed by atoms with Crippen molar-refractivity contribution in [3.05, 3.63) is 58.4 Å². The molecule has 2 heterocycles. The van der Waals surface area contributed by atoms with E-state index in [1.54, 1.807) is 0 Å². The van der Waals surface area contributed by atoms with E-state index in [0.717, 1.165) is 18.2 Å². The molecule has 0 amide bonds. The summed E-state index contributed by atoms with van der Waals surface area (Å²) in [6.45, 7) is 0.400. The highest BCUT2D eigenvalue weighted by atomic mass is 32.2. The third kappa shape index (κ3) is 2.78. The zero-order valence-corrected chi connectivity index (χ0v) is 14.1. The Morgan fingerprint density at radius 2 is 1.88 bits per heavy atom. The number of aromatic nitrogens is 2. The van der Waals surface area contributed by atoms with Crippen LogP contribution in [0, 0.1) is 5.82 Å². The highest BCUT2D eigenvalue weighted by Gasteiger charge is 2.36. The number of halogens is 4. The molecule has 0 N–H and O–H groups in total. The van der Waals surface area contributed by atoms with Gasteiger partial charge in [-0.15, -0.1) is 11.8 Å². The monoisotopic (exact) mass is 380 g/mol. The zero-order valence-electron chi connectivity index (χ0n) is 13.3. The maximum atomic E-state index is 13.8. The Morgan fingerprint density at radius 3 is 2.58 bits per heavy atom. The van der Waals surface area contributed by atoms with Crippen LogP contribution in [0.3, 0.4) is 0 Å². The summed E-state index contributed by atoms with van der Waals surface area (Å²) in [4.78, 5) is 16.2. The van der Waals surface area contributed by atoms with Crippen molar-refractivity contribution in [3.8, 4) is 11.1 Å². The Kier molecular flexibility index (Phi) is 4.02. The molecule has 0 unspecified atom stereocenters. The van der Waals surface area contributed by atoms with E-state index in [1.807, 2.05) is 0 Å². The van der Waals surface area contributed by atoms with Gasteiger partial charge in [0.1, 0.15) is 5.82 Å². The van der Waals surface area contributed by atoms with Crippen molar-refractivity contribution in [1.82, 2.24) is 9.55 Å². The molecule has 1 aromatic heterocycles. The van der Waals surface area contributed by atoms with E-state index in [2.05, 4.69) is 4.98 Å². The van der Waals surface area contributed by atoms with Gasteiger partial charge in [0.25, 0.3) is 0 Å². The van der Waals surface area contributed by atoms with Gasteiger partial charge in [-0.3, -0.25) is 4.57 Å². The topological polar surface area (TPSA) is 34.9 Å². The third-order valence-corrected chi connectivity index (χ3v) is 5.49. The number of alkyl halides is 3. The van der Waals surface area contributed by atoms with Gasteiger partial charge in [-0.2, -0.15) is 13.2 Å². The van der Waals surface area contributed by atoms with E-state index < -0.39 is 23.2 Å². The molecule has 0 fully saturated rings. The summed E-state index contributed by atoms with van der Waals surface area (Å²) in [7, 11) is 0. The molecule has 1 aliphatic heterocycles. The van der Waals surface area contributed by atoms with Crippen molar-refractivity contribution in [3.63, 3.8) is 0 Å². The number of thioether (sulfide) groups is 1. The molecule has 8 heteroatoms. The van der Waals surface area contributed by atoms with Crippen LogP contribution in [0.1, 0.15) is 12.0 Å². The second-order valence-corrected chi connectivity index (χ2v) is 7.07. The average molecular weight is 380 g/mol. The van der Waals surface area contributed by atoms with Crippen LogP contribution in [-0.2, 0) is 12.7 Å². The fourth-order valence-corrected chi connectivity index (χ4v) is 4.42. The Hall–Kier alpha value is -2.35. The first-order chi connectivity index (χ1) is 12.4. The average Bonchev–Trinajstić information content (AvgIpc) is 2.82. The first-order valence-electron chi connectivity index (χ1n) is 7.89. The fourth-order valence-electron chi connectivity index (χ4n) is 3.21. The second kappa shape index (κ2) is 6.12. The van der Waals surface area contributed by atoms with Crippen LogP contribution in [0.2, 0.25) is 0 Å². The second-order valence-electron chi connectivity index (χ2n) is 5.97. The summed E-state index contributed by atoms with van der Waals surface area (Å²) in [5.41, 5.74) is -0.587. The molecule has 3 aromatic rings. The van der Waals surface area contributed by atoms with Gasteiger partial charge in [-0.25, -0.2) is 14.2 Å². The minimum Gasteiger partial charge on any atom is -0.291 e. The van der Waals surface area contributed by atoms with Crippen molar-refractivity contribution in [2.24, 2.45) is 0 Å². The number of aryl methyl sites for hydroxylation is 1. The van der Waals surface area contributed by atoms with Gasteiger partial charge in [-0.1, -0.05) is 12.1 Å². The van der Waals surface area contributed by atoms with Crippen LogP contribution in [-0.4, -0.2) is 15.3 Å². The molecule has 4 rings (SSSR count). The molecule has 26 heavy (non-hydrogen) atoms. The maximum Gasteiger partial charge on any atom is 0.417 e. The van der Waals surface area contributed by atoms with Crippen LogP contribution in [0.25, 0.3) is 22.0 Å². The number of hydrogen-bond acceptors (Lipinski definition) is 3. The Balaban J connectivity index is 2.18. The molecule has 0 radical (unpaired) electrons. The molecule has 0 spiro atoms. The van der Waals surface area contributed by atoms with Gasteiger partial charge in [-0.05, 0) is 35.9 Å². The number of rotatable bonds is 1. The minimum atomic E-state index is -4.60. The van der Waals surface area contributed by atoms with Crippen LogP contribution in [0.4, 0.5) is 17.6 Å². The van der Waals surface area contributed by atoms with Gasteiger partial charge >= 0.3 is 11.9 Å². The molecule has 0 saturated carbocycles. The van der Waals surface area contributed by atoms with E-state index in [0.29, 0.717) is 29.1 Å². The summed E-state index contributed by atoms with van der Waals surface area (Å²) < 4.78 is 56.1. The highest BCUT2D eigenvalue weighted by Crippen LogP contribution is 2.46. The highest BCUT2D eigenvalue weighted by molar-refractivity contribution is 7.99. The van der Waals surface area contributed by atoms with Crippen molar-refractivity contribution in [2.45, 2.75) is 24.0 Å². The molecule has 0 atom stereocenters. The lowest BCUT2D eigenvalue weighted by Gasteiger charge is -2.19. The van der Waals surface area contributed by atoms with Gasteiger partial charge in [0.15, 0.2) is 0 Å². The van der Waals surface area contributed by atoms with Crippen LogP contribution < -0.4 is 5.69 Å². The molecular weight excluding hydrogens is 368 g/mol. The number of hydrogen-bond donors (Lipinski definition) is 0. The van der Waals surface area contributed by atoms with Crippen molar-refractivity contribution in [2.75, 3.05) is 5.75 Å². The summed E-state index contributed by atoms with van der Waals surface area (Å²) in [6.07, 6.45) is -2.76. The van der Waals surface area contributed by atoms with Crippen molar-refractivity contribution >= 4 is 22.7 Å². The molecule has 0 aliphatic carbocycles. The fraction of sp³-hybridized carbons (Fsp3) is 0.222. The normalized spacial score (nSPS) is 14.5. The minimum absolute atomic E-state index is 0.0174. The van der Waals surface area contributed by atoms with E-state index >= 15 is 0 Å². The van der Waals surface area contributed by atoms with Gasteiger partial charge in [0.05, 0.1) is 11.1 Å². The van der Waals surface area contributed by atoms with Crippen molar-refractivity contribution < 1.29 is 17.6 Å². The lowest BCUT2D eigenvalue weighted by atomic mass is 9.97. The Bertz CT molecular complexity index is 1060. The molecule has 2 aromatic carbocycles. The van der Waals surface area contributed by atoms with Gasteiger partial charge in [0, 0.05) is 28.6 Å². The molecule has 0 saturated heterocycles. The molecular formula is C18H12F4N2OS. The largest absolute Gasteiger partial charge is 0.417 e. The predicted molar refractivity (Wildman–Crippen MR) is 91.7 cm³/mol. The predicted octanol–water partition coefficient (Wildman–Crippen LogP) is 4.72. The first-order valence-corrected chi connectivity index (χ1v) is 8.87. The number of benzene rings is 2. The van der Waals surface area contributed by atoms with E-state index in [4.69, 9.17) is 0 Å². The quantitative estimate of drug-likeness (QED) is 0.573. The number of nitrogens with zero attached hydrogens (tertiary/aromatic N) is 2. The Morgan fingerprint density at radius 1 is 1.15 bits per heavy atom. The lowest BCUT2D eigenvalue weighted by molar-refractivity contribution is -0.137. The lowest BCUT2D eigenvalue weighted by Crippen LogP contribution is -2.23. The smallest absolute Gasteiger partial charge is 0.291 e. The van der Waals surface area contributed by atoms with Gasteiger partial charge < -0.3 is 0 Å². The standard InChI is InChI=1S/C18H12F4N2OS/c19-12-4-2-10(3-5-12)14-13(18(20,21)22)8-11-9-23-17(25)24-6-1-7-26-16(14)15(11)24/h2-5,8-9H,1,6-7H2. The molecule has 134 valence electrons. The van der Waals surface area contributed by atoms with Crippen molar-refractivity contribution in [1.29, 1.82) is 0 Å². The Labute approximate surface area is 149 Å². The summed E-state index contributed by atoms with van der Waals surface area (Å²) in [5, 5.41) is 0.271. The van der Waals surface area contributed by atoms with E-state index in [9.17, 15) is 22.4 Å². The molecule has 3 nitrogen and oxygen atoms in total. The van der Waals surface area contributed by atoms with E-state index in [1.165, 1.54) is 34.7 Å². The maximum absolute atomic E-state index is 13.8. The third-order valence-electron chi connectivity index (χ3n) is 4.31. The van der Waals surface area contributed by atoms with Crippen LogP contribution >= 0.6 is 11.8 Å². The van der Waals surface area contributed by atoms with Crippen LogP contribution in [0.5, 0.6) is 0 Å². The van der Waals surface area contributed by atoms with E-state index in [-0.39, 0.29) is 16.5 Å². The van der Waals surface area contributed by atoms with Gasteiger partial charge in [0.2, 0.25) is 0 Å². The molecule has 1 aliphatic rings. The molecule has 0 bridgehead atoms. The summed E-state index contributed by atoms with van der Waals surface area (Å²) >= 11 is 1.29. The zero-order chi connectivity index (χ0) is 18.5. The summed E-state index contributed by atoms with van der Waals surface area (Å²) in [6, 6.07) is 5.95. The first kappa shape index (κ1) is 17.1.